The van der Waals surface area contributed by atoms with E-state index in [1.54, 1.807) is 24.3 Å². The van der Waals surface area contributed by atoms with Crippen molar-refractivity contribution in [3.8, 4) is 22.8 Å². The molecule has 1 heterocycles. The van der Waals surface area contributed by atoms with Crippen molar-refractivity contribution in [1.82, 2.24) is 9.97 Å². The Kier molecular flexibility index (Phi) is 4.71. The fourth-order valence-electron chi connectivity index (χ4n) is 2.57. The Morgan fingerprint density at radius 1 is 1.22 bits per heavy atom. The molecule has 0 aliphatic rings. The van der Waals surface area contributed by atoms with Crippen molar-refractivity contribution in [1.29, 1.82) is 0 Å². The number of fused-ring (bicyclic) bond motifs is 1. The monoisotopic (exact) mass is 369 g/mol. The molecule has 0 aliphatic carbocycles. The van der Waals surface area contributed by atoms with Crippen molar-refractivity contribution in [3.63, 3.8) is 0 Å². The van der Waals surface area contributed by atoms with Gasteiger partial charge in [-0.15, -0.1) is 0 Å². The number of ether oxygens (including phenoxy) is 2. The quantitative estimate of drug-likeness (QED) is 0.490. The first-order valence-corrected chi connectivity index (χ1v) is 7.70. The number of nitrogens with zero attached hydrogens (tertiary/aromatic N) is 3. The zero-order chi connectivity index (χ0) is 19.6. The number of carbonyl (C=O) groups is 1. The lowest BCUT2D eigenvalue weighted by atomic mass is 10.1. The number of primary amides is 1. The first kappa shape index (κ1) is 17.9. The molecule has 1 amide bonds. The molecule has 2 aromatic carbocycles. The van der Waals surface area contributed by atoms with E-state index in [0.717, 1.165) is 0 Å². The van der Waals surface area contributed by atoms with E-state index < -0.39 is 10.8 Å². The molecular weight excluding hydrogens is 354 g/mol. The van der Waals surface area contributed by atoms with E-state index in [1.807, 2.05) is 0 Å². The highest BCUT2D eigenvalue weighted by Gasteiger charge is 2.18. The van der Waals surface area contributed by atoms with Gasteiger partial charge in [-0.25, -0.2) is 9.97 Å². The molecule has 138 valence electrons. The largest absolute Gasteiger partial charge is 0.490 e. The third kappa shape index (κ3) is 3.68. The Labute approximate surface area is 152 Å². The van der Waals surface area contributed by atoms with Crippen LogP contribution in [0.15, 0.2) is 36.4 Å². The van der Waals surface area contributed by atoms with Crippen LogP contribution in [0.5, 0.6) is 11.5 Å². The summed E-state index contributed by atoms with van der Waals surface area (Å²) in [4.78, 5) is 30.0. The summed E-state index contributed by atoms with van der Waals surface area (Å²) in [7, 11) is 1.35. The zero-order valence-electron chi connectivity index (χ0n) is 14.2. The summed E-state index contributed by atoms with van der Waals surface area (Å²) >= 11 is 0. The summed E-state index contributed by atoms with van der Waals surface area (Å²) in [6.45, 7) is -0.287. The van der Waals surface area contributed by atoms with E-state index in [1.165, 1.54) is 19.2 Å². The number of hydrogen-bond donors (Lipinski definition) is 2. The van der Waals surface area contributed by atoms with Crippen molar-refractivity contribution >= 4 is 28.4 Å². The number of nitrogens with two attached hydrogens (primary N) is 2. The van der Waals surface area contributed by atoms with E-state index in [0.29, 0.717) is 27.9 Å². The Balaban J connectivity index is 2.17. The van der Waals surface area contributed by atoms with Gasteiger partial charge in [-0.2, -0.15) is 0 Å². The molecule has 0 atom stereocenters. The van der Waals surface area contributed by atoms with Gasteiger partial charge in [-0.1, -0.05) is 0 Å². The first-order chi connectivity index (χ1) is 12.9. The zero-order valence-corrected chi connectivity index (χ0v) is 14.2. The SMILES string of the molecule is COc1ccc(-c2nc(N)nc3ccc(OCC(N)=O)cc23)cc1[N+](=O)[O-]. The first-order valence-electron chi connectivity index (χ1n) is 7.70. The van der Waals surface area contributed by atoms with Gasteiger partial charge in [0, 0.05) is 17.0 Å². The third-order valence-corrected chi connectivity index (χ3v) is 3.71. The summed E-state index contributed by atoms with van der Waals surface area (Å²) in [6.07, 6.45) is 0. The molecule has 0 unspecified atom stereocenters. The number of amides is 1. The molecule has 0 saturated carbocycles. The molecule has 10 nitrogen and oxygen atoms in total. The van der Waals surface area contributed by atoms with Gasteiger partial charge in [-0.05, 0) is 30.3 Å². The molecule has 0 saturated heterocycles. The smallest absolute Gasteiger partial charge is 0.311 e. The van der Waals surface area contributed by atoms with E-state index in [2.05, 4.69) is 9.97 Å². The number of nitrogen functional groups attached to an aromatic ring is 1. The van der Waals surface area contributed by atoms with Crippen LogP contribution in [0, 0.1) is 10.1 Å². The van der Waals surface area contributed by atoms with Crippen molar-refractivity contribution < 1.29 is 19.2 Å². The fraction of sp³-hybridized carbons (Fsp3) is 0.118. The van der Waals surface area contributed by atoms with Crippen LogP contribution in [0.4, 0.5) is 11.6 Å². The summed E-state index contributed by atoms with van der Waals surface area (Å²) in [6, 6.07) is 9.32. The number of hydrogen-bond acceptors (Lipinski definition) is 8. The number of benzene rings is 2. The maximum absolute atomic E-state index is 11.3. The molecule has 0 spiro atoms. The van der Waals surface area contributed by atoms with Crippen LogP contribution in [0.1, 0.15) is 0 Å². The lowest BCUT2D eigenvalue weighted by molar-refractivity contribution is -0.385. The molecule has 1 aromatic heterocycles. The van der Waals surface area contributed by atoms with Crippen molar-refractivity contribution in [2.24, 2.45) is 5.73 Å². The third-order valence-electron chi connectivity index (χ3n) is 3.71. The van der Waals surface area contributed by atoms with Crippen LogP contribution in [-0.4, -0.2) is 34.5 Å². The normalized spacial score (nSPS) is 10.6. The minimum absolute atomic E-state index is 0.0155. The summed E-state index contributed by atoms with van der Waals surface area (Å²) in [5, 5.41) is 11.8. The predicted octanol–water partition coefficient (Wildman–Crippen LogP) is 1.66. The van der Waals surface area contributed by atoms with Gasteiger partial charge in [0.2, 0.25) is 5.95 Å². The molecule has 4 N–H and O–H groups in total. The molecule has 0 aliphatic heterocycles. The van der Waals surface area contributed by atoms with Crippen molar-refractivity contribution in [3.05, 3.63) is 46.5 Å². The average Bonchev–Trinajstić information content (AvgIpc) is 2.65. The van der Waals surface area contributed by atoms with Gasteiger partial charge < -0.3 is 20.9 Å². The lowest BCUT2D eigenvalue weighted by Crippen LogP contribution is -2.20. The number of rotatable bonds is 6. The number of methoxy groups -OCH3 is 1. The summed E-state index contributed by atoms with van der Waals surface area (Å²) in [5.74, 6) is -0.101. The second-order valence-electron chi connectivity index (χ2n) is 5.51. The molecule has 3 rings (SSSR count). The summed E-state index contributed by atoms with van der Waals surface area (Å²) < 4.78 is 10.3. The number of carbonyl (C=O) groups excluding carboxylic acids is 1. The highest BCUT2D eigenvalue weighted by atomic mass is 16.6. The number of aromatic nitrogens is 2. The molecule has 3 aromatic rings. The second-order valence-corrected chi connectivity index (χ2v) is 5.51. The molecule has 10 heteroatoms. The van der Waals surface area contributed by atoms with Gasteiger partial charge >= 0.3 is 5.69 Å². The van der Waals surface area contributed by atoms with Gasteiger partial charge in [0.1, 0.15) is 5.75 Å². The number of nitro benzene ring substituents is 1. The van der Waals surface area contributed by atoms with E-state index in [9.17, 15) is 14.9 Å². The summed E-state index contributed by atoms with van der Waals surface area (Å²) in [5.41, 5.74) is 12.0. The maximum Gasteiger partial charge on any atom is 0.311 e. The van der Waals surface area contributed by atoms with Gasteiger partial charge in [0.25, 0.3) is 5.91 Å². The highest BCUT2D eigenvalue weighted by molar-refractivity contribution is 5.94. The molecule has 0 bridgehead atoms. The maximum atomic E-state index is 11.3. The predicted molar refractivity (Wildman–Crippen MR) is 97.3 cm³/mol. The van der Waals surface area contributed by atoms with Crippen LogP contribution in [0.2, 0.25) is 0 Å². The van der Waals surface area contributed by atoms with Crippen LogP contribution in [0.3, 0.4) is 0 Å². The highest BCUT2D eigenvalue weighted by Crippen LogP contribution is 2.35. The topological polar surface area (TPSA) is 156 Å². The number of anilines is 1. The minimum Gasteiger partial charge on any atom is -0.490 e. The van der Waals surface area contributed by atoms with Crippen LogP contribution in [-0.2, 0) is 4.79 Å². The van der Waals surface area contributed by atoms with E-state index in [4.69, 9.17) is 20.9 Å². The molecule has 27 heavy (non-hydrogen) atoms. The minimum atomic E-state index is -0.616. The average molecular weight is 369 g/mol. The van der Waals surface area contributed by atoms with E-state index in [-0.39, 0.29) is 24.0 Å². The van der Waals surface area contributed by atoms with E-state index >= 15 is 0 Å². The van der Waals surface area contributed by atoms with Crippen LogP contribution in [0.25, 0.3) is 22.2 Å². The number of nitro groups is 1. The molecule has 0 fully saturated rings. The van der Waals surface area contributed by atoms with Gasteiger partial charge in [0.15, 0.2) is 12.4 Å². The standard InChI is InChI=1S/C17H15N5O5/c1-26-14-5-2-9(6-13(14)22(24)25)16-11-7-10(27-8-15(18)23)3-4-12(11)20-17(19)21-16/h2-7H,8H2,1H3,(H2,18,23)(H2,19,20,21). The fourth-order valence-corrected chi connectivity index (χ4v) is 2.57. The Morgan fingerprint density at radius 3 is 2.67 bits per heavy atom. The van der Waals surface area contributed by atoms with Gasteiger partial charge in [-0.3, -0.25) is 14.9 Å². The van der Waals surface area contributed by atoms with Gasteiger partial charge in [0.05, 0.1) is 23.2 Å². The molecular formula is C17H15N5O5. The molecule has 0 radical (unpaired) electrons. The van der Waals surface area contributed by atoms with Crippen LogP contribution < -0.4 is 20.9 Å². The second kappa shape index (κ2) is 7.12. The van der Waals surface area contributed by atoms with Crippen molar-refractivity contribution in [2.45, 2.75) is 0 Å². The lowest BCUT2D eigenvalue weighted by Gasteiger charge is -2.10. The van der Waals surface area contributed by atoms with Crippen LogP contribution >= 0.6 is 0 Å². The Hall–Kier alpha value is -3.95. The van der Waals surface area contributed by atoms with Crippen molar-refractivity contribution in [2.75, 3.05) is 19.5 Å². The Bertz CT molecular complexity index is 1050. The Morgan fingerprint density at radius 2 is 2.00 bits per heavy atom.